The molecule has 0 amide bonds. The van der Waals surface area contributed by atoms with Crippen LogP contribution >= 0.6 is 22.6 Å². The Hall–Kier alpha value is -1.36. The Bertz CT molecular complexity index is 590. The van der Waals surface area contributed by atoms with E-state index in [1.54, 1.807) is 6.07 Å². The second-order valence-corrected chi connectivity index (χ2v) is 5.59. The van der Waals surface area contributed by atoms with E-state index in [1.807, 2.05) is 12.1 Å². The van der Waals surface area contributed by atoms with Crippen LogP contribution in [-0.4, -0.2) is 6.29 Å². The highest BCUT2D eigenvalue weighted by Crippen LogP contribution is 2.36. The summed E-state index contributed by atoms with van der Waals surface area (Å²) in [6.45, 7) is 0. The number of hydrogen-bond acceptors (Lipinski definition) is 2. The molecule has 0 saturated carbocycles. The average Bonchev–Trinajstić information content (AvgIpc) is 2.82. The van der Waals surface area contributed by atoms with Crippen LogP contribution in [-0.2, 0) is 6.42 Å². The molecule has 0 unspecified atom stereocenters. The van der Waals surface area contributed by atoms with E-state index >= 15 is 0 Å². The summed E-state index contributed by atoms with van der Waals surface area (Å²) in [5.74, 6) is 0.893. The SMILES string of the molecule is O=Cc1ccc2c(c1)C[C@H](c1ccc(I)cc1)O2. The fourth-order valence-electron chi connectivity index (χ4n) is 2.21. The van der Waals surface area contributed by atoms with Gasteiger partial charge in [-0.3, -0.25) is 4.79 Å². The molecule has 0 aromatic heterocycles. The lowest BCUT2D eigenvalue weighted by Gasteiger charge is -2.10. The van der Waals surface area contributed by atoms with Crippen molar-refractivity contribution in [1.29, 1.82) is 0 Å². The van der Waals surface area contributed by atoms with Crippen LogP contribution in [0.3, 0.4) is 0 Å². The molecule has 0 radical (unpaired) electrons. The molecule has 0 aliphatic carbocycles. The van der Waals surface area contributed by atoms with Crippen molar-refractivity contribution in [3.8, 4) is 5.75 Å². The largest absolute Gasteiger partial charge is 0.485 e. The van der Waals surface area contributed by atoms with E-state index in [-0.39, 0.29) is 6.10 Å². The van der Waals surface area contributed by atoms with Gasteiger partial charge in [0.15, 0.2) is 0 Å². The zero-order chi connectivity index (χ0) is 12.5. The first-order valence-corrected chi connectivity index (χ1v) is 6.84. The fourth-order valence-corrected chi connectivity index (χ4v) is 2.56. The van der Waals surface area contributed by atoms with Gasteiger partial charge >= 0.3 is 0 Å². The Balaban J connectivity index is 1.88. The van der Waals surface area contributed by atoms with Crippen LogP contribution in [0, 0.1) is 3.57 Å². The monoisotopic (exact) mass is 350 g/mol. The molecule has 0 bridgehead atoms. The predicted octanol–water partition coefficient (Wildman–Crippen LogP) is 3.78. The van der Waals surface area contributed by atoms with Gasteiger partial charge in [-0.1, -0.05) is 12.1 Å². The fraction of sp³-hybridized carbons (Fsp3) is 0.133. The number of hydrogen-bond donors (Lipinski definition) is 0. The van der Waals surface area contributed by atoms with Gasteiger partial charge in [0, 0.05) is 15.6 Å². The van der Waals surface area contributed by atoms with Crippen molar-refractivity contribution in [1.82, 2.24) is 0 Å². The number of ether oxygens (including phenoxy) is 1. The Labute approximate surface area is 119 Å². The second-order valence-electron chi connectivity index (χ2n) is 4.35. The van der Waals surface area contributed by atoms with Crippen molar-refractivity contribution in [2.45, 2.75) is 12.5 Å². The van der Waals surface area contributed by atoms with Crippen LogP contribution in [0.4, 0.5) is 0 Å². The number of aldehydes is 1. The van der Waals surface area contributed by atoms with Gasteiger partial charge in [0.1, 0.15) is 18.1 Å². The minimum absolute atomic E-state index is 0.0684. The molecule has 1 heterocycles. The van der Waals surface area contributed by atoms with Crippen LogP contribution in [0.15, 0.2) is 42.5 Å². The minimum Gasteiger partial charge on any atom is -0.485 e. The Kier molecular flexibility index (Phi) is 3.07. The van der Waals surface area contributed by atoms with E-state index in [2.05, 4.69) is 46.9 Å². The van der Waals surface area contributed by atoms with Crippen molar-refractivity contribution in [2.75, 3.05) is 0 Å². The van der Waals surface area contributed by atoms with Gasteiger partial charge in [0.2, 0.25) is 0 Å². The summed E-state index contributed by atoms with van der Waals surface area (Å²) in [7, 11) is 0. The van der Waals surface area contributed by atoms with Crippen molar-refractivity contribution in [3.05, 3.63) is 62.7 Å². The molecule has 1 aliphatic heterocycles. The Morgan fingerprint density at radius 2 is 1.94 bits per heavy atom. The van der Waals surface area contributed by atoms with Crippen LogP contribution in [0.2, 0.25) is 0 Å². The number of fused-ring (bicyclic) bond motifs is 1. The third-order valence-corrected chi connectivity index (χ3v) is 3.86. The normalized spacial score (nSPS) is 17.1. The summed E-state index contributed by atoms with van der Waals surface area (Å²) in [6, 6.07) is 13.9. The lowest BCUT2D eigenvalue weighted by Crippen LogP contribution is -2.02. The standard InChI is InChI=1S/C15H11IO2/c16-13-4-2-11(3-5-13)15-8-12-7-10(9-17)1-6-14(12)18-15/h1-7,9,15H,8H2/t15-/m1/s1. The highest BCUT2D eigenvalue weighted by Gasteiger charge is 2.24. The molecule has 2 nitrogen and oxygen atoms in total. The molecule has 90 valence electrons. The summed E-state index contributed by atoms with van der Waals surface area (Å²) in [5, 5.41) is 0. The number of benzene rings is 2. The van der Waals surface area contributed by atoms with Gasteiger partial charge in [-0.2, -0.15) is 0 Å². The van der Waals surface area contributed by atoms with E-state index in [9.17, 15) is 4.79 Å². The summed E-state index contributed by atoms with van der Waals surface area (Å²) < 4.78 is 7.13. The van der Waals surface area contributed by atoms with Gasteiger partial charge in [0.05, 0.1) is 0 Å². The van der Waals surface area contributed by atoms with Crippen molar-refractivity contribution < 1.29 is 9.53 Å². The third kappa shape index (κ3) is 2.14. The molecule has 0 N–H and O–H groups in total. The molecule has 1 aliphatic rings. The number of halogens is 1. The quantitative estimate of drug-likeness (QED) is 0.609. The molecular formula is C15H11IO2. The minimum atomic E-state index is 0.0684. The summed E-state index contributed by atoms with van der Waals surface area (Å²) >= 11 is 2.29. The first-order valence-electron chi connectivity index (χ1n) is 5.76. The van der Waals surface area contributed by atoms with E-state index in [0.29, 0.717) is 5.56 Å². The van der Waals surface area contributed by atoms with Crippen LogP contribution < -0.4 is 4.74 Å². The van der Waals surface area contributed by atoms with Gasteiger partial charge in [-0.15, -0.1) is 0 Å². The van der Waals surface area contributed by atoms with E-state index < -0.39 is 0 Å². The zero-order valence-electron chi connectivity index (χ0n) is 9.60. The molecular weight excluding hydrogens is 339 g/mol. The van der Waals surface area contributed by atoms with Gasteiger partial charge in [-0.05, 0) is 64.0 Å². The van der Waals surface area contributed by atoms with Crippen molar-refractivity contribution in [2.24, 2.45) is 0 Å². The number of carbonyl (C=O) groups is 1. The molecule has 2 aromatic carbocycles. The first-order chi connectivity index (χ1) is 8.76. The molecule has 3 rings (SSSR count). The molecule has 0 spiro atoms. The molecule has 18 heavy (non-hydrogen) atoms. The Morgan fingerprint density at radius 3 is 2.67 bits per heavy atom. The summed E-state index contributed by atoms with van der Waals surface area (Å²) in [4.78, 5) is 10.8. The molecule has 2 aromatic rings. The highest BCUT2D eigenvalue weighted by molar-refractivity contribution is 14.1. The smallest absolute Gasteiger partial charge is 0.150 e. The van der Waals surface area contributed by atoms with Gasteiger partial charge < -0.3 is 4.74 Å². The summed E-state index contributed by atoms with van der Waals surface area (Å²) in [6.07, 6.45) is 1.77. The zero-order valence-corrected chi connectivity index (χ0v) is 11.8. The molecule has 1 atom stereocenters. The third-order valence-electron chi connectivity index (χ3n) is 3.14. The number of carbonyl (C=O) groups excluding carboxylic acids is 1. The van der Waals surface area contributed by atoms with Crippen molar-refractivity contribution >= 4 is 28.9 Å². The average molecular weight is 350 g/mol. The number of rotatable bonds is 2. The van der Waals surface area contributed by atoms with E-state index in [4.69, 9.17) is 4.74 Å². The maximum absolute atomic E-state index is 10.8. The Morgan fingerprint density at radius 1 is 1.17 bits per heavy atom. The van der Waals surface area contributed by atoms with Gasteiger partial charge in [-0.25, -0.2) is 0 Å². The molecule has 3 heteroatoms. The van der Waals surface area contributed by atoms with E-state index in [1.165, 1.54) is 9.13 Å². The maximum atomic E-state index is 10.8. The predicted molar refractivity (Wildman–Crippen MR) is 78.1 cm³/mol. The van der Waals surface area contributed by atoms with Crippen LogP contribution in [0.1, 0.15) is 27.6 Å². The maximum Gasteiger partial charge on any atom is 0.150 e. The first kappa shape index (κ1) is 11.7. The lowest BCUT2D eigenvalue weighted by atomic mass is 10.0. The lowest BCUT2D eigenvalue weighted by molar-refractivity contribution is 0.112. The van der Waals surface area contributed by atoms with Crippen molar-refractivity contribution in [3.63, 3.8) is 0 Å². The summed E-state index contributed by atoms with van der Waals surface area (Å²) in [5.41, 5.74) is 3.00. The molecule has 0 fully saturated rings. The highest BCUT2D eigenvalue weighted by atomic mass is 127. The topological polar surface area (TPSA) is 26.3 Å². The molecule has 0 saturated heterocycles. The van der Waals surface area contributed by atoms with Crippen LogP contribution in [0.5, 0.6) is 5.75 Å². The second kappa shape index (κ2) is 4.72. The van der Waals surface area contributed by atoms with Gasteiger partial charge in [0.25, 0.3) is 0 Å². The van der Waals surface area contributed by atoms with E-state index in [0.717, 1.165) is 24.0 Å². The van der Waals surface area contributed by atoms with Crippen LogP contribution in [0.25, 0.3) is 0 Å².